The van der Waals surface area contributed by atoms with E-state index in [-0.39, 0.29) is 5.95 Å². The smallest absolute Gasteiger partial charge is 0.223 e. The molecule has 0 aliphatic carbocycles. The van der Waals surface area contributed by atoms with Gasteiger partial charge in [-0.15, -0.1) is 0 Å². The summed E-state index contributed by atoms with van der Waals surface area (Å²) in [6, 6.07) is 1.69. The van der Waals surface area contributed by atoms with Crippen molar-refractivity contribution in [1.82, 2.24) is 14.9 Å². The molecule has 0 spiro atoms. The van der Waals surface area contributed by atoms with Gasteiger partial charge in [0.2, 0.25) is 5.95 Å². The van der Waals surface area contributed by atoms with Crippen molar-refractivity contribution in [3.8, 4) is 0 Å². The molecule has 0 saturated heterocycles. The Morgan fingerprint density at radius 3 is 2.59 bits per heavy atom. The van der Waals surface area contributed by atoms with Gasteiger partial charge in [0.1, 0.15) is 11.6 Å². The molecule has 6 nitrogen and oxygen atoms in total. The lowest BCUT2D eigenvalue weighted by Gasteiger charge is -2.19. The molecule has 0 aliphatic heterocycles. The highest BCUT2D eigenvalue weighted by Crippen LogP contribution is 2.08. The van der Waals surface area contributed by atoms with E-state index in [1.54, 1.807) is 6.07 Å². The van der Waals surface area contributed by atoms with Crippen molar-refractivity contribution in [1.29, 1.82) is 0 Å². The van der Waals surface area contributed by atoms with Crippen LogP contribution in [0.3, 0.4) is 0 Å². The first-order valence-corrected chi connectivity index (χ1v) is 6.02. The second-order valence-electron chi connectivity index (χ2n) is 3.90. The van der Waals surface area contributed by atoms with Crippen LogP contribution in [0.1, 0.15) is 20.3 Å². The lowest BCUT2D eigenvalue weighted by Crippen LogP contribution is -2.29. The maximum absolute atomic E-state index is 5.58. The fourth-order valence-corrected chi connectivity index (χ4v) is 1.66. The molecule has 1 rings (SSSR count). The summed E-state index contributed by atoms with van der Waals surface area (Å²) in [6.45, 7) is 8.33. The second-order valence-corrected chi connectivity index (χ2v) is 3.90. The molecule has 0 fully saturated rings. The first-order valence-electron chi connectivity index (χ1n) is 6.02. The van der Waals surface area contributed by atoms with Crippen LogP contribution in [0.5, 0.6) is 0 Å². The van der Waals surface area contributed by atoms with Crippen LogP contribution in [0.2, 0.25) is 0 Å². The fraction of sp³-hybridized carbons (Fsp3) is 0.636. The van der Waals surface area contributed by atoms with E-state index in [4.69, 9.17) is 11.5 Å². The van der Waals surface area contributed by atoms with E-state index in [1.165, 1.54) is 6.42 Å². The summed E-state index contributed by atoms with van der Waals surface area (Å²) in [7, 11) is 0. The van der Waals surface area contributed by atoms with Crippen LogP contribution in [0.4, 0.5) is 17.6 Å². The van der Waals surface area contributed by atoms with E-state index in [0.717, 1.165) is 26.2 Å². The molecule has 6 heteroatoms. The molecule has 0 bridgehead atoms. The number of hydrogen-bond donors (Lipinski definition) is 3. The second kappa shape index (κ2) is 6.90. The molecule has 1 aromatic heterocycles. The summed E-state index contributed by atoms with van der Waals surface area (Å²) < 4.78 is 0. The van der Waals surface area contributed by atoms with Crippen LogP contribution in [-0.2, 0) is 0 Å². The first kappa shape index (κ1) is 13.5. The summed E-state index contributed by atoms with van der Waals surface area (Å²) in [5, 5.41) is 3.20. The van der Waals surface area contributed by atoms with E-state index in [2.05, 4.69) is 34.0 Å². The van der Waals surface area contributed by atoms with Crippen molar-refractivity contribution in [2.45, 2.75) is 20.3 Å². The van der Waals surface area contributed by atoms with Crippen LogP contribution in [-0.4, -0.2) is 41.0 Å². The summed E-state index contributed by atoms with van der Waals surface area (Å²) in [6.07, 6.45) is 1.17. The average molecular weight is 238 g/mol. The Kier molecular flexibility index (Phi) is 5.48. The number of rotatable bonds is 7. The Morgan fingerprint density at radius 1 is 1.24 bits per heavy atom. The fourth-order valence-electron chi connectivity index (χ4n) is 1.66. The standard InChI is InChI=1S/C11H22N6/c1-3-6-17(4-2)7-5-14-10-8-9(12)15-11(13)16-10/h8H,3-7H2,1-2H3,(H5,12,13,14,15,16). The van der Waals surface area contributed by atoms with Crippen molar-refractivity contribution in [3.05, 3.63) is 6.07 Å². The Balaban J connectivity index is 2.39. The summed E-state index contributed by atoms with van der Waals surface area (Å²) >= 11 is 0. The molecule has 0 atom stereocenters. The summed E-state index contributed by atoms with van der Waals surface area (Å²) in [4.78, 5) is 10.3. The number of nitrogen functional groups attached to an aromatic ring is 2. The van der Waals surface area contributed by atoms with Crippen molar-refractivity contribution in [2.24, 2.45) is 0 Å². The molecule has 0 aliphatic rings. The van der Waals surface area contributed by atoms with Gasteiger partial charge in [-0.05, 0) is 19.5 Å². The highest BCUT2D eigenvalue weighted by atomic mass is 15.1. The molecular weight excluding hydrogens is 216 g/mol. The maximum Gasteiger partial charge on any atom is 0.223 e. The number of anilines is 3. The molecule has 0 radical (unpaired) electrons. The minimum atomic E-state index is 0.202. The third-order valence-electron chi connectivity index (χ3n) is 2.48. The third kappa shape index (κ3) is 4.86. The predicted molar refractivity (Wildman–Crippen MR) is 71.8 cm³/mol. The van der Waals surface area contributed by atoms with Crippen LogP contribution in [0.25, 0.3) is 0 Å². The zero-order valence-electron chi connectivity index (χ0n) is 10.6. The summed E-state index contributed by atoms with van der Waals surface area (Å²) in [5.41, 5.74) is 11.1. The monoisotopic (exact) mass is 238 g/mol. The van der Waals surface area contributed by atoms with E-state index in [0.29, 0.717) is 11.6 Å². The number of nitrogens with zero attached hydrogens (tertiary/aromatic N) is 3. The Labute approximate surface area is 102 Å². The molecule has 5 N–H and O–H groups in total. The predicted octanol–water partition coefficient (Wildman–Crippen LogP) is 0.785. The van der Waals surface area contributed by atoms with Crippen molar-refractivity contribution >= 4 is 17.6 Å². The quantitative estimate of drug-likeness (QED) is 0.650. The maximum atomic E-state index is 5.58. The van der Waals surface area contributed by atoms with Gasteiger partial charge in [-0.3, -0.25) is 0 Å². The van der Waals surface area contributed by atoms with Gasteiger partial charge in [0, 0.05) is 19.2 Å². The van der Waals surface area contributed by atoms with Crippen LogP contribution >= 0.6 is 0 Å². The van der Waals surface area contributed by atoms with Gasteiger partial charge in [-0.1, -0.05) is 13.8 Å². The van der Waals surface area contributed by atoms with Crippen LogP contribution in [0, 0.1) is 0 Å². The van der Waals surface area contributed by atoms with E-state index < -0.39 is 0 Å². The third-order valence-corrected chi connectivity index (χ3v) is 2.48. The first-order chi connectivity index (χ1) is 8.15. The summed E-state index contributed by atoms with van der Waals surface area (Å²) in [5.74, 6) is 1.27. The zero-order valence-corrected chi connectivity index (χ0v) is 10.6. The number of aromatic nitrogens is 2. The number of nitrogens with one attached hydrogen (secondary N) is 1. The van der Waals surface area contributed by atoms with Gasteiger partial charge in [0.15, 0.2) is 0 Å². The van der Waals surface area contributed by atoms with Gasteiger partial charge in [-0.2, -0.15) is 9.97 Å². The van der Waals surface area contributed by atoms with E-state index >= 15 is 0 Å². The Bertz CT molecular complexity index is 320. The molecule has 17 heavy (non-hydrogen) atoms. The normalized spacial score (nSPS) is 10.8. The molecule has 96 valence electrons. The van der Waals surface area contributed by atoms with Crippen LogP contribution in [0.15, 0.2) is 6.07 Å². The Morgan fingerprint density at radius 2 is 2.00 bits per heavy atom. The highest BCUT2D eigenvalue weighted by Gasteiger charge is 2.02. The van der Waals surface area contributed by atoms with Gasteiger partial charge in [0.05, 0.1) is 0 Å². The average Bonchev–Trinajstić information content (AvgIpc) is 2.26. The Hall–Kier alpha value is -1.56. The van der Waals surface area contributed by atoms with Crippen molar-refractivity contribution in [2.75, 3.05) is 43.0 Å². The molecule has 0 amide bonds. The minimum absolute atomic E-state index is 0.202. The van der Waals surface area contributed by atoms with Crippen molar-refractivity contribution < 1.29 is 0 Å². The molecule has 0 unspecified atom stereocenters. The largest absolute Gasteiger partial charge is 0.383 e. The molecule has 1 aromatic rings. The van der Waals surface area contributed by atoms with Crippen molar-refractivity contribution in [3.63, 3.8) is 0 Å². The number of hydrogen-bond acceptors (Lipinski definition) is 6. The molecule has 0 saturated carbocycles. The lowest BCUT2D eigenvalue weighted by molar-refractivity contribution is 0.300. The molecule has 0 aromatic carbocycles. The number of likely N-dealkylation sites (N-methyl/N-ethyl adjacent to an activating group) is 1. The minimum Gasteiger partial charge on any atom is -0.383 e. The zero-order chi connectivity index (χ0) is 12.7. The topological polar surface area (TPSA) is 93.1 Å². The van der Waals surface area contributed by atoms with Gasteiger partial charge in [0.25, 0.3) is 0 Å². The molecular formula is C11H22N6. The van der Waals surface area contributed by atoms with Crippen LogP contribution < -0.4 is 16.8 Å². The molecule has 1 heterocycles. The lowest BCUT2D eigenvalue weighted by atomic mass is 10.4. The van der Waals surface area contributed by atoms with Gasteiger partial charge in [-0.25, -0.2) is 0 Å². The highest BCUT2D eigenvalue weighted by molar-refractivity contribution is 5.48. The number of nitrogens with two attached hydrogens (primary N) is 2. The van der Waals surface area contributed by atoms with E-state index in [9.17, 15) is 0 Å². The van der Waals surface area contributed by atoms with E-state index in [1.807, 2.05) is 0 Å². The van der Waals surface area contributed by atoms with Gasteiger partial charge < -0.3 is 21.7 Å². The van der Waals surface area contributed by atoms with Gasteiger partial charge >= 0.3 is 0 Å². The SMILES string of the molecule is CCCN(CC)CCNc1cc(N)nc(N)n1.